The van der Waals surface area contributed by atoms with Crippen LogP contribution in [0, 0.1) is 0 Å². The highest BCUT2D eigenvalue weighted by Crippen LogP contribution is 2.03. The maximum atomic E-state index is 4.39. The lowest BCUT2D eigenvalue weighted by atomic mass is 10.7. The lowest BCUT2D eigenvalue weighted by Crippen LogP contribution is -1.74. The lowest BCUT2D eigenvalue weighted by Gasteiger charge is -1.79. The van der Waals surface area contributed by atoms with Gasteiger partial charge in [-0.15, -0.1) is 11.3 Å². The molecule has 0 N–H and O–H groups in total. The van der Waals surface area contributed by atoms with E-state index in [4.69, 9.17) is 0 Å². The maximum Gasteiger partial charge on any atom is 0.115 e. The van der Waals surface area contributed by atoms with Crippen molar-refractivity contribution in [2.45, 2.75) is 6.54 Å². The Bertz CT molecular complexity index is 211. The summed E-state index contributed by atoms with van der Waals surface area (Å²) in [4.78, 5) is 7.72. The molecular formula is C5H4N2S2. The molecular weight excluding hydrogens is 152 g/mol. The van der Waals surface area contributed by atoms with E-state index in [0.29, 0.717) is 6.54 Å². The van der Waals surface area contributed by atoms with Crippen LogP contribution in [-0.2, 0) is 6.54 Å². The summed E-state index contributed by atoms with van der Waals surface area (Å²) in [6.07, 6.45) is 1.75. The first-order chi connectivity index (χ1) is 4.43. The van der Waals surface area contributed by atoms with Gasteiger partial charge in [0, 0.05) is 11.6 Å². The summed E-state index contributed by atoms with van der Waals surface area (Å²) in [5.74, 6) is 0. The van der Waals surface area contributed by atoms with Crippen molar-refractivity contribution in [1.82, 2.24) is 4.98 Å². The minimum atomic E-state index is 0.571. The highest BCUT2D eigenvalue weighted by atomic mass is 32.1. The summed E-state index contributed by atoms with van der Waals surface area (Å²) >= 11 is 5.96. The molecule has 0 saturated heterocycles. The number of nitrogens with zero attached hydrogens (tertiary/aromatic N) is 2. The van der Waals surface area contributed by atoms with E-state index in [1.807, 2.05) is 5.38 Å². The molecule has 0 aliphatic heterocycles. The molecule has 1 aromatic rings. The van der Waals surface area contributed by atoms with Crippen LogP contribution in [0.1, 0.15) is 5.01 Å². The molecule has 0 amide bonds. The van der Waals surface area contributed by atoms with Gasteiger partial charge >= 0.3 is 0 Å². The molecule has 9 heavy (non-hydrogen) atoms. The van der Waals surface area contributed by atoms with Crippen LogP contribution >= 0.6 is 23.6 Å². The molecule has 0 aliphatic carbocycles. The smallest absolute Gasteiger partial charge is 0.115 e. The van der Waals surface area contributed by atoms with E-state index in [2.05, 4.69) is 27.4 Å². The number of aromatic nitrogens is 1. The average molecular weight is 156 g/mol. The Labute approximate surface area is 62.3 Å². The Balaban J connectivity index is 2.57. The van der Waals surface area contributed by atoms with Crippen LogP contribution in [0.15, 0.2) is 16.6 Å². The maximum absolute atomic E-state index is 4.39. The van der Waals surface area contributed by atoms with Gasteiger partial charge in [-0.05, 0) is 12.2 Å². The summed E-state index contributed by atoms with van der Waals surface area (Å²) in [6.45, 7) is 0.571. The first-order valence-corrected chi connectivity index (χ1v) is 3.64. The Morgan fingerprint density at radius 3 is 3.33 bits per heavy atom. The van der Waals surface area contributed by atoms with Gasteiger partial charge in [0.1, 0.15) is 11.6 Å². The highest BCUT2D eigenvalue weighted by molar-refractivity contribution is 7.78. The van der Waals surface area contributed by atoms with Crippen LogP contribution < -0.4 is 0 Å². The molecule has 0 aliphatic rings. The fraction of sp³-hybridized carbons (Fsp3) is 0.200. The fourth-order valence-electron chi connectivity index (χ4n) is 0.431. The quantitative estimate of drug-likeness (QED) is 0.481. The Morgan fingerprint density at radius 1 is 1.89 bits per heavy atom. The fourth-order valence-corrected chi connectivity index (χ4v) is 1.04. The summed E-state index contributed by atoms with van der Waals surface area (Å²) in [5.41, 5.74) is 0. The number of isothiocyanates is 1. The molecule has 0 radical (unpaired) electrons. The van der Waals surface area contributed by atoms with Gasteiger partial charge in [-0.25, -0.2) is 9.98 Å². The zero-order valence-electron chi connectivity index (χ0n) is 4.57. The van der Waals surface area contributed by atoms with Crippen LogP contribution in [0.3, 0.4) is 0 Å². The van der Waals surface area contributed by atoms with Gasteiger partial charge in [-0.1, -0.05) is 0 Å². The minimum Gasteiger partial charge on any atom is -0.248 e. The number of thiocarbonyl (C=S) groups is 1. The van der Waals surface area contributed by atoms with Crippen LogP contribution in [0.25, 0.3) is 0 Å². The van der Waals surface area contributed by atoms with Crippen molar-refractivity contribution in [1.29, 1.82) is 0 Å². The van der Waals surface area contributed by atoms with Gasteiger partial charge in [0.25, 0.3) is 0 Å². The van der Waals surface area contributed by atoms with E-state index >= 15 is 0 Å². The van der Waals surface area contributed by atoms with E-state index in [-0.39, 0.29) is 0 Å². The molecule has 0 bridgehead atoms. The molecule has 0 aromatic carbocycles. The number of thiazole rings is 1. The number of hydrogen-bond donors (Lipinski definition) is 0. The first-order valence-electron chi connectivity index (χ1n) is 2.35. The molecule has 2 nitrogen and oxygen atoms in total. The zero-order valence-corrected chi connectivity index (χ0v) is 6.21. The Hall–Kier alpha value is -0.570. The molecule has 1 rings (SSSR count). The standard InChI is InChI=1S/C5H4N2S2/c8-4-6-3-5-7-1-2-9-5/h1-2H,3H2. The van der Waals surface area contributed by atoms with Gasteiger partial charge < -0.3 is 0 Å². The highest BCUT2D eigenvalue weighted by Gasteiger charge is 1.88. The normalized spacial score (nSPS) is 8.44. The molecule has 0 fully saturated rings. The molecule has 0 saturated carbocycles. The minimum absolute atomic E-state index is 0.571. The molecule has 1 heterocycles. The molecule has 0 atom stereocenters. The SMILES string of the molecule is S=C=NCc1nccs1. The van der Waals surface area contributed by atoms with Crippen LogP contribution in [0.2, 0.25) is 0 Å². The second-order valence-corrected chi connectivity index (χ2v) is 2.50. The van der Waals surface area contributed by atoms with Crippen LogP contribution in [0.5, 0.6) is 0 Å². The summed E-state index contributed by atoms with van der Waals surface area (Å²) < 4.78 is 0. The van der Waals surface area contributed by atoms with Crippen LogP contribution in [-0.4, -0.2) is 10.1 Å². The zero-order chi connectivity index (χ0) is 6.53. The summed E-state index contributed by atoms with van der Waals surface area (Å²) in [7, 11) is 0. The summed E-state index contributed by atoms with van der Waals surface area (Å²) in [5, 5.41) is 5.17. The number of aliphatic imine (C=N–C) groups is 1. The van der Waals surface area contributed by atoms with Crippen LogP contribution in [0.4, 0.5) is 0 Å². The average Bonchev–Trinajstić information content (AvgIpc) is 2.34. The third kappa shape index (κ3) is 2.01. The van der Waals surface area contributed by atoms with E-state index < -0.39 is 0 Å². The van der Waals surface area contributed by atoms with Gasteiger partial charge in [-0.2, -0.15) is 0 Å². The predicted octanol–water partition coefficient (Wildman–Crippen LogP) is 1.75. The van der Waals surface area contributed by atoms with Crippen molar-refractivity contribution < 1.29 is 0 Å². The molecule has 46 valence electrons. The monoisotopic (exact) mass is 156 g/mol. The van der Waals surface area contributed by atoms with Gasteiger partial charge in [0.15, 0.2) is 0 Å². The van der Waals surface area contributed by atoms with Crippen molar-refractivity contribution in [2.75, 3.05) is 0 Å². The third-order valence-corrected chi connectivity index (χ3v) is 1.66. The van der Waals surface area contributed by atoms with E-state index in [9.17, 15) is 0 Å². The number of rotatable bonds is 2. The Morgan fingerprint density at radius 2 is 2.78 bits per heavy atom. The van der Waals surface area contributed by atoms with E-state index in [1.54, 1.807) is 17.5 Å². The molecule has 0 unspecified atom stereocenters. The Kier molecular flexibility index (Phi) is 2.51. The van der Waals surface area contributed by atoms with Crippen molar-refractivity contribution in [3.05, 3.63) is 16.6 Å². The second kappa shape index (κ2) is 3.45. The van der Waals surface area contributed by atoms with Crippen molar-refractivity contribution in [3.63, 3.8) is 0 Å². The van der Waals surface area contributed by atoms with Gasteiger partial charge in [0.05, 0.1) is 5.16 Å². The topological polar surface area (TPSA) is 25.2 Å². The van der Waals surface area contributed by atoms with E-state index in [1.165, 1.54) is 0 Å². The first kappa shape index (κ1) is 6.55. The third-order valence-electron chi connectivity index (χ3n) is 0.762. The summed E-state index contributed by atoms with van der Waals surface area (Å²) in [6, 6.07) is 0. The largest absolute Gasteiger partial charge is 0.248 e. The predicted molar refractivity (Wildman–Crippen MR) is 40.8 cm³/mol. The molecule has 0 spiro atoms. The van der Waals surface area contributed by atoms with E-state index in [0.717, 1.165) is 5.01 Å². The van der Waals surface area contributed by atoms with Crippen molar-refractivity contribution >= 4 is 28.7 Å². The van der Waals surface area contributed by atoms with Crippen molar-refractivity contribution in [3.8, 4) is 0 Å². The van der Waals surface area contributed by atoms with Crippen molar-refractivity contribution in [2.24, 2.45) is 4.99 Å². The van der Waals surface area contributed by atoms with Gasteiger partial charge in [-0.3, -0.25) is 0 Å². The molecule has 4 heteroatoms. The second-order valence-electron chi connectivity index (χ2n) is 1.33. The van der Waals surface area contributed by atoms with Gasteiger partial charge in [0.2, 0.25) is 0 Å². The number of hydrogen-bond acceptors (Lipinski definition) is 4. The lowest BCUT2D eigenvalue weighted by molar-refractivity contribution is 1.05. The molecule has 1 aromatic heterocycles.